The highest BCUT2D eigenvalue weighted by Gasteiger charge is 2.37. The number of esters is 1. The van der Waals surface area contributed by atoms with Crippen molar-refractivity contribution in [1.29, 1.82) is 0 Å². The number of carbonyl (C=O) groups is 1. The van der Waals surface area contributed by atoms with E-state index in [-0.39, 0.29) is 12.0 Å². The quantitative estimate of drug-likeness (QED) is 0.0581. The molecule has 0 spiro atoms. The van der Waals surface area contributed by atoms with E-state index in [0.29, 0.717) is 10.9 Å². The third-order valence-electron chi connectivity index (χ3n) is 8.14. The molecule has 0 heterocycles. The van der Waals surface area contributed by atoms with Crippen LogP contribution < -0.4 is 4.74 Å². The van der Waals surface area contributed by atoms with Crippen LogP contribution in [0, 0.1) is 0 Å². The molecule has 41 heavy (non-hydrogen) atoms. The number of ether oxygens (including phenoxy) is 2. The van der Waals surface area contributed by atoms with Crippen LogP contribution >= 0.6 is 0 Å². The first kappa shape index (κ1) is 34.9. The van der Waals surface area contributed by atoms with Gasteiger partial charge >= 0.3 is 5.97 Å². The third-order valence-corrected chi connectivity index (χ3v) is 8.14. The van der Waals surface area contributed by atoms with Crippen molar-refractivity contribution in [1.82, 2.24) is 0 Å². The van der Waals surface area contributed by atoms with Gasteiger partial charge in [0.15, 0.2) is 6.04 Å². The molecule has 230 valence electrons. The van der Waals surface area contributed by atoms with Gasteiger partial charge in [-0.25, -0.2) is 4.79 Å². The van der Waals surface area contributed by atoms with E-state index in [9.17, 15) is 4.79 Å². The largest absolute Gasteiger partial charge is 0.455 e. The maximum atomic E-state index is 13.5. The lowest BCUT2D eigenvalue weighted by Crippen LogP contribution is -2.53. The molecule has 0 aliphatic heterocycles. The van der Waals surface area contributed by atoms with Gasteiger partial charge in [-0.3, -0.25) is 0 Å². The fourth-order valence-electron chi connectivity index (χ4n) is 5.66. The van der Waals surface area contributed by atoms with Crippen LogP contribution in [0.1, 0.15) is 128 Å². The van der Waals surface area contributed by atoms with Crippen LogP contribution in [-0.4, -0.2) is 36.9 Å². The van der Waals surface area contributed by atoms with Gasteiger partial charge in [-0.1, -0.05) is 127 Å². The predicted octanol–water partition coefficient (Wildman–Crippen LogP) is 10.0. The number of nitrogens with zero attached hydrogens (tertiary/aromatic N) is 1. The number of quaternary nitrogens is 1. The van der Waals surface area contributed by atoms with Gasteiger partial charge < -0.3 is 14.0 Å². The average molecular weight is 567 g/mol. The summed E-state index contributed by atoms with van der Waals surface area (Å²) in [5.41, 5.74) is 2.57. The number of aryl methyl sites for hydroxylation is 1. The van der Waals surface area contributed by atoms with E-state index < -0.39 is 6.29 Å². The van der Waals surface area contributed by atoms with Crippen LogP contribution in [0.5, 0.6) is 5.75 Å². The molecule has 0 saturated carbocycles. The Labute approximate surface area is 252 Å². The van der Waals surface area contributed by atoms with Crippen LogP contribution in [0.4, 0.5) is 0 Å². The predicted molar refractivity (Wildman–Crippen MR) is 173 cm³/mol. The maximum absolute atomic E-state index is 13.5. The molecule has 0 amide bonds. The lowest BCUT2D eigenvalue weighted by Gasteiger charge is -2.37. The van der Waals surface area contributed by atoms with Crippen LogP contribution in [-0.2, 0) is 22.5 Å². The second kappa shape index (κ2) is 20.5. The van der Waals surface area contributed by atoms with E-state index in [0.717, 1.165) is 38.0 Å². The summed E-state index contributed by atoms with van der Waals surface area (Å²) in [5, 5.41) is 0. The van der Waals surface area contributed by atoms with Gasteiger partial charge in [0.1, 0.15) is 12.3 Å². The Balaban J connectivity index is 1.79. The Kier molecular flexibility index (Phi) is 17.5. The van der Waals surface area contributed by atoms with Gasteiger partial charge in [0.25, 0.3) is 0 Å². The summed E-state index contributed by atoms with van der Waals surface area (Å²) in [6, 6.07) is 18.5. The molecule has 0 bridgehead atoms. The number of benzene rings is 2. The van der Waals surface area contributed by atoms with Crippen molar-refractivity contribution in [2.24, 2.45) is 0 Å². The fourth-order valence-corrected chi connectivity index (χ4v) is 5.66. The molecule has 0 aliphatic carbocycles. The molecule has 2 unspecified atom stereocenters. The summed E-state index contributed by atoms with van der Waals surface area (Å²) in [4.78, 5) is 13.5. The molecule has 0 N–H and O–H groups in total. The average Bonchev–Trinajstić information content (AvgIpc) is 2.95. The maximum Gasteiger partial charge on any atom is 0.368 e. The van der Waals surface area contributed by atoms with E-state index in [2.05, 4.69) is 71.3 Å². The number of rotatable bonds is 23. The first-order valence-electron chi connectivity index (χ1n) is 16.7. The highest BCUT2D eigenvalue weighted by Crippen LogP contribution is 2.23. The van der Waals surface area contributed by atoms with Crippen LogP contribution in [0.25, 0.3) is 0 Å². The van der Waals surface area contributed by atoms with E-state index in [4.69, 9.17) is 9.47 Å². The van der Waals surface area contributed by atoms with Crippen LogP contribution in [0.15, 0.2) is 54.6 Å². The van der Waals surface area contributed by atoms with Crippen LogP contribution in [0.2, 0.25) is 0 Å². The second-order valence-electron chi connectivity index (χ2n) is 12.4. The Morgan fingerprint density at radius 2 is 1.22 bits per heavy atom. The monoisotopic (exact) mass is 566 g/mol. The Hall–Kier alpha value is -2.33. The first-order valence-corrected chi connectivity index (χ1v) is 16.7. The Morgan fingerprint density at radius 3 is 1.78 bits per heavy atom. The summed E-state index contributed by atoms with van der Waals surface area (Å²) in [5.74, 6) is 0.600. The number of hydrogen-bond donors (Lipinski definition) is 0. The molecule has 2 rings (SSSR count). The van der Waals surface area contributed by atoms with Gasteiger partial charge in [-0.2, -0.15) is 0 Å². The molecule has 2 aromatic rings. The van der Waals surface area contributed by atoms with Gasteiger partial charge in [0, 0.05) is 18.4 Å². The minimum Gasteiger partial charge on any atom is -0.455 e. The van der Waals surface area contributed by atoms with Gasteiger partial charge in [0.05, 0.1) is 14.1 Å². The summed E-state index contributed by atoms with van der Waals surface area (Å²) in [6.45, 7) is 7.28. The van der Waals surface area contributed by atoms with Crippen molar-refractivity contribution in [3.05, 3.63) is 65.7 Å². The van der Waals surface area contributed by atoms with Crippen LogP contribution in [0.3, 0.4) is 0 Å². The fraction of sp³-hybridized carbons (Fsp3) is 0.649. The summed E-state index contributed by atoms with van der Waals surface area (Å²) < 4.78 is 12.8. The number of carbonyl (C=O) groups excluding carboxylic acids is 1. The lowest BCUT2D eigenvalue weighted by molar-refractivity contribution is -0.920. The Morgan fingerprint density at radius 1 is 0.659 bits per heavy atom. The molecule has 0 fully saturated rings. The molecule has 0 radical (unpaired) electrons. The highest BCUT2D eigenvalue weighted by molar-refractivity contribution is 5.74. The first-order chi connectivity index (χ1) is 19.9. The molecule has 4 nitrogen and oxygen atoms in total. The normalized spacial score (nSPS) is 13.1. The number of likely N-dealkylation sites (N-methyl/N-ethyl adjacent to an activating group) is 1. The van der Waals surface area contributed by atoms with Crippen molar-refractivity contribution in [2.45, 2.75) is 142 Å². The standard InChI is InChI=1S/C37H60NO3/c1-6-9-10-11-12-13-14-15-16-17-19-24-32-27-29-34(30-28-32)40-36(23-8-3)41-37(39)35(22-7-2)38(4,5)31-33-25-20-18-21-26-33/h18,20-21,25-30,35-36H,6-17,19,22-24,31H2,1-5H3/q+1. The van der Waals surface area contributed by atoms with Gasteiger partial charge in [0.2, 0.25) is 6.29 Å². The molecular formula is C37H60NO3+. The molecule has 0 saturated heterocycles. The third kappa shape index (κ3) is 14.4. The van der Waals surface area contributed by atoms with Crippen molar-refractivity contribution >= 4 is 5.97 Å². The van der Waals surface area contributed by atoms with E-state index in [1.165, 1.54) is 81.8 Å². The lowest BCUT2D eigenvalue weighted by atomic mass is 10.0. The van der Waals surface area contributed by atoms with E-state index in [1.807, 2.05) is 18.2 Å². The highest BCUT2D eigenvalue weighted by atomic mass is 16.7. The molecule has 0 aromatic heterocycles. The zero-order chi connectivity index (χ0) is 29.8. The zero-order valence-corrected chi connectivity index (χ0v) is 27.0. The van der Waals surface area contributed by atoms with Crippen molar-refractivity contribution < 1.29 is 18.8 Å². The van der Waals surface area contributed by atoms with Gasteiger partial charge in [-0.05, 0) is 43.4 Å². The zero-order valence-electron chi connectivity index (χ0n) is 27.0. The summed E-state index contributed by atoms with van der Waals surface area (Å²) >= 11 is 0. The minimum atomic E-state index is -0.568. The Bertz CT molecular complexity index is 925. The second-order valence-corrected chi connectivity index (χ2v) is 12.4. The SMILES string of the molecule is CCCCCCCCCCCCCc1ccc(OC(CCC)OC(=O)C(CCC)[N+](C)(C)Cc2ccccc2)cc1. The van der Waals surface area contributed by atoms with E-state index >= 15 is 0 Å². The molecule has 4 heteroatoms. The van der Waals surface area contributed by atoms with E-state index in [1.54, 1.807) is 0 Å². The van der Waals surface area contributed by atoms with Crippen molar-refractivity contribution in [3.8, 4) is 5.75 Å². The molecule has 0 aliphatic rings. The van der Waals surface area contributed by atoms with Crippen molar-refractivity contribution in [2.75, 3.05) is 14.1 Å². The smallest absolute Gasteiger partial charge is 0.368 e. The number of unbranched alkanes of at least 4 members (excludes halogenated alkanes) is 10. The molecule has 2 atom stereocenters. The van der Waals surface area contributed by atoms with Gasteiger partial charge in [-0.15, -0.1) is 0 Å². The van der Waals surface area contributed by atoms with Crippen molar-refractivity contribution in [3.63, 3.8) is 0 Å². The molecule has 2 aromatic carbocycles. The topological polar surface area (TPSA) is 35.5 Å². The number of hydrogen-bond acceptors (Lipinski definition) is 3. The molecular weight excluding hydrogens is 506 g/mol. The minimum absolute atomic E-state index is 0.167. The summed E-state index contributed by atoms with van der Waals surface area (Å²) in [7, 11) is 4.25. The summed E-state index contributed by atoms with van der Waals surface area (Å²) in [6.07, 6.45) is 18.9.